The van der Waals surface area contributed by atoms with Crippen LogP contribution in [-0.2, 0) is 9.36 Å². The summed E-state index contributed by atoms with van der Waals surface area (Å²) in [6.45, 7) is 1.67. The lowest BCUT2D eigenvalue weighted by atomic mass is 10.1. The first kappa shape index (κ1) is 20.4. The van der Waals surface area contributed by atoms with Gasteiger partial charge in [0.2, 0.25) is 0 Å². The highest BCUT2D eigenvalue weighted by Gasteiger charge is 2.31. The predicted molar refractivity (Wildman–Crippen MR) is 88.5 cm³/mol. The lowest BCUT2D eigenvalue weighted by Crippen LogP contribution is -2.17. The summed E-state index contributed by atoms with van der Waals surface area (Å²) in [6, 6.07) is 6.14. The normalized spacial score (nSPS) is 12.6. The number of aromatic carboxylic acids is 1. The molecule has 0 aliphatic rings. The van der Waals surface area contributed by atoms with E-state index in [9.17, 15) is 14.2 Å². The molecule has 1 aromatic carbocycles. The number of rotatable bonds is 11. The van der Waals surface area contributed by atoms with Gasteiger partial charge in [0.05, 0.1) is 12.2 Å². The van der Waals surface area contributed by atoms with Gasteiger partial charge < -0.3 is 19.6 Å². The van der Waals surface area contributed by atoms with Crippen molar-refractivity contribution in [2.24, 2.45) is 0 Å². The molecule has 1 rings (SSSR count). The number of hydrogen-bond acceptors (Lipinski definition) is 4. The molecule has 0 saturated carbocycles. The summed E-state index contributed by atoms with van der Waals surface area (Å²) in [5, 5.41) is 8.78. The molecule has 7 nitrogen and oxygen atoms in total. The Morgan fingerprint density at radius 1 is 1.08 bits per heavy atom. The van der Waals surface area contributed by atoms with E-state index in [0.717, 1.165) is 19.3 Å². The number of ether oxygens (including phenoxy) is 1. The number of benzene rings is 1. The van der Waals surface area contributed by atoms with Gasteiger partial charge in [0.25, 0.3) is 0 Å². The number of carbonyl (C=O) groups excluding carboxylic acids is 1. The standard InChI is InChI=1S/C16H23O7P/c1-12(17)15(24(20,21)22)6-4-2-3-5-11-23-14-9-7-13(8-10-14)16(18)19/h7-10,15H,2-6,11H2,1H3,(H,18,19)(H2,20,21,22). The maximum Gasteiger partial charge on any atom is 0.335 e. The molecule has 24 heavy (non-hydrogen) atoms. The fraction of sp³-hybridized carbons (Fsp3) is 0.500. The molecule has 1 atom stereocenters. The largest absolute Gasteiger partial charge is 0.494 e. The first-order valence-electron chi connectivity index (χ1n) is 7.73. The van der Waals surface area contributed by atoms with Crippen LogP contribution in [0.2, 0.25) is 0 Å². The van der Waals surface area contributed by atoms with Gasteiger partial charge >= 0.3 is 13.6 Å². The van der Waals surface area contributed by atoms with Crippen LogP contribution in [0.1, 0.15) is 49.4 Å². The summed E-state index contributed by atoms with van der Waals surface area (Å²) in [7, 11) is -4.36. The zero-order valence-electron chi connectivity index (χ0n) is 13.6. The van der Waals surface area contributed by atoms with Gasteiger partial charge in [0.15, 0.2) is 0 Å². The number of carbonyl (C=O) groups is 2. The molecule has 0 radical (unpaired) electrons. The van der Waals surface area contributed by atoms with Crippen LogP contribution >= 0.6 is 7.60 Å². The van der Waals surface area contributed by atoms with E-state index >= 15 is 0 Å². The van der Waals surface area contributed by atoms with E-state index in [0.29, 0.717) is 18.8 Å². The van der Waals surface area contributed by atoms with E-state index in [1.165, 1.54) is 19.1 Å². The summed E-state index contributed by atoms with van der Waals surface area (Å²) in [5.74, 6) is -0.865. The van der Waals surface area contributed by atoms with Crippen LogP contribution in [0.25, 0.3) is 0 Å². The third-order valence-electron chi connectivity index (χ3n) is 3.62. The van der Waals surface area contributed by atoms with Crippen molar-refractivity contribution >= 4 is 19.3 Å². The third kappa shape index (κ3) is 7.25. The lowest BCUT2D eigenvalue weighted by molar-refractivity contribution is -0.117. The summed E-state index contributed by atoms with van der Waals surface area (Å²) in [5.41, 5.74) is -0.992. The van der Waals surface area contributed by atoms with Gasteiger partial charge in [-0.2, -0.15) is 0 Å². The lowest BCUT2D eigenvalue weighted by Gasteiger charge is -2.15. The molecule has 0 spiro atoms. The van der Waals surface area contributed by atoms with Gasteiger partial charge in [-0.3, -0.25) is 9.36 Å². The molecule has 0 aliphatic heterocycles. The van der Waals surface area contributed by atoms with Crippen LogP contribution < -0.4 is 4.74 Å². The topological polar surface area (TPSA) is 121 Å². The first-order valence-corrected chi connectivity index (χ1v) is 9.42. The van der Waals surface area contributed by atoms with Gasteiger partial charge in [-0.25, -0.2) is 4.79 Å². The number of ketones is 1. The average Bonchev–Trinajstić information content (AvgIpc) is 2.48. The maximum absolute atomic E-state index is 11.2. The second-order valence-electron chi connectivity index (χ2n) is 5.60. The fourth-order valence-corrected chi connectivity index (χ4v) is 3.28. The van der Waals surface area contributed by atoms with Crippen LogP contribution in [0.3, 0.4) is 0 Å². The average molecular weight is 358 g/mol. The number of carboxylic acid groups (broad SMARTS) is 1. The van der Waals surface area contributed by atoms with E-state index in [4.69, 9.17) is 19.6 Å². The third-order valence-corrected chi connectivity index (χ3v) is 5.05. The Morgan fingerprint density at radius 2 is 1.67 bits per heavy atom. The summed E-state index contributed by atoms with van der Waals surface area (Å²) in [4.78, 5) is 40.1. The van der Waals surface area contributed by atoms with Crippen LogP contribution in [0.4, 0.5) is 0 Å². The van der Waals surface area contributed by atoms with Gasteiger partial charge in [-0.15, -0.1) is 0 Å². The number of Topliss-reactive ketones (excluding diaryl/α,β-unsaturated/α-hetero) is 1. The molecular weight excluding hydrogens is 335 g/mol. The van der Waals surface area contributed by atoms with Crippen molar-refractivity contribution in [2.75, 3.05) is 6.61 Å². The van der Waals surface area contributed by atoms with Crippen LogP contribution in [0.15, 0.2) is 24.3 Å². The van der Waals surface area contributed by atoms with Crippen molar-refractivity contribution in [3.05, 3.63) is 29.8 Å². The Morgan fingerprint density at radius 3 is 2.17 bits per heavy atom. The van der Waals surface area contributed by atoms with Crippen LogP contribution in [0, 0.1) is 0 Å². The molecule has 0 fully saturated rings. The van der Waals surface area contributed by atoms with E-state index in [2.05, 4.69) is 0 Å². The Labute approximate surface area is 140 Å². The van der Waals surface area contributed by atoms with Crippen LogP contribution in [-0.4, -0.2) is 38.9 Å². The molecule has 0 aromatic heterocycles. The number of carboxylic acids is 1. The molecule has 0 bridgehead atoms. The molecule has 0 amide bonds. The molecule has 0 saturated heterocycles. The highest BCUT2D eigenvalue weighted by Crippen LogP contribution is 2.44. The minimum Gasteiger partial charge on any atom is -0.494 e. The molecule has 0 aliphatic carbocycles. The SMILES string of the molecule is CC(=O)C(CCCCCCOc1ccc(C(=O)O)cc1)P(=O)(O)O. The summed E-state index contributed by atoms with van der Waals surface area (Å²) < 4.78 is 16.7. The monoisotopic (exact) mass is 358 g/mol. The van der Waals surface area contributed by atoms with Crippen molar-refractivity contribution in [3.63, 3.8) is 0 Å². The van der Waals surface area contributed by atoms with Gasteiger partial charge in [0.1, 0.15) is 17.2 Å². The van der Waals surface area contributed by atoms with Crippen molar-refractivity contribution in [1.29, 1.82) is 0 Å². The molecule has 134 valence electrons. The Kier molecular flexibility index (Phi) is 8.11. The minimum absolute atomic E-state index is 0.192. The second kappa shape index (κ2) is 9.57. The number of unbranched alkanes of at least 4 members (excludes halogenated alkanes) is 3. The Hall–Kier alpha value is -1.69. The van der Waals surface area contributed by atoms with Crippen molar-refractivity contribution in [1.82, 2.24) is 0 Å². The first-order chi connectivity index (χ1) is 11.2. The van der Waals surface area contributed by atoms with E-state index < -0.39 is 25.0 Å². The predicted octanol–water partition coefficient (Wildman–Crippen LogP) is 2.85. The van der Waals surface area contributed by atoms with Crippen LogP contribution in [0.5, 0.6) is 5.75 Å². The van der Waals surface area contributed by atoms with E-state index in [-0.39, 0.29) is 12.0 Å². The summed E-state index contributed by atoms with van der Waals surface area (Å²) >= 11 is 0. The van der Waals surface area contributed by atoms with Gasteiger partial charge in [0, 0.05) is 0 Å². The van der Waals surface area contributed by atoms with Gasteiger partial charge in [-0.05, 0) is 44.0 Å². The molecular formula is C16H23O7P. The smallest absolute Gasteiger partial charge is 0.335 e. The van der Waals surface area contributed by atoms with Crippen molar-refractivity contribution in [2.45, 2.75) is 44.7 Å². The van der Waals surface area contributed by atoms with Gasteiger partial charge in [-0.1, -0.05) is 19.3 Å². The van der Waals surface area contributed by atoms with E-state index in [1.807, 2.05) is 0 Å². The molecule has 8 heteroatoms. The molecule has 1 aromatic rings. The highest BCUT2D eigenvalue weighted by molar-refractivity contribution is 7.53. The summed E-state index contributed by atoms with van der Waals surface area (Å²) in [6.07, 6.45) is 3.10. The fourth-order valence-electron chi connectivity index (χ4n) is 2.29. The molecule has 1 unspecified atom stereocenters. The molecule has 3 N–H and O–H groups in total. The quantitative estimate of drug-likeness (QED) is 0.411. The Bertz CT molecular complexity index is 591. The zero-order valence-corrected chi connectivity index (χ0v) is 14.4. The maximum atomic E-state index is 11.2. The molecule has 0 heterocycles. The zero-order chi connectivity index (χ0) is 18.2. The second-order valence-corrected chi connectivity index (χ2v) is 7.40. The minimum atomic E-state index is -4.36. The van der Waals surface area contributed by atoms with Crippen molar-refractivity contribution in [3.8, 4) is 5.75 Å². The Balaban J connectivity index is 2.19. The van der Waals surface area contributed by atoms with Crippen molar-refractivity contribution < 1.29 is 33.8 Å². The highest BCUT2D eigenvalue weighted by atomic mass is 31.2. The van der Waals surface area contributed by atoms with E-state index in [1.54, 1.807) is 12.1 Å². The number of hydrogen-bond donors (Lipinski definition) is 3.